The molecule has 1 rings (SSSR count). The maximum Gasteiger partial charge on any atom is 0.240 e. The van der Waals surface area contributed by atoms with Crippen molar-refractivity contribution in [3.05, 3.63) is 29.3 Å². The van der Waals surface area contributed by atoms with E-state index in [2.05, 4.69) is 4.72 Å². The van der Waals surface area contributed by atoms with Crippen LogP contribution in [0.1, 0.15) is 18.1 Å². The highest BCUT2D eigenvalue weighted by Crippen LogP contribution is 2.15. The molecular weight excluding hydrogens is 252 g/mol. The van der Waals surface area contributed by atoms with Gasteiger partial charge >= 0.3 is 0 Å². The van der Waals surface area contributed by atoms with Crippen LogP contribution in [0, 0.1) is 6.92 Å². The fraction of sp³-hybridized carbons (Fsp3) is 0.500. The van der Waals surface area contributed by atoms with Crippen molar-refractivity contribution in [3.8, 4) is 0 Å². The van der Waals surface area contributed by atoms with Crippen molar-refractivity contribution in [1.29, 1.82) is 0 Å². The van der Waals surface area contributed by atoms with Crippen LogP contribution in [0.4, 0.5) is 0 Å². The van der Waals surface area contributed by atoms with Crippen molar-refractivity contribution in [1.82, 2.24) is 4.72 Å². The minimum absolute atomic E-state index is 0.167. The zero-order valence-corrected chi connectivity index (χ0v) is 11.8. The largest absolute Gasteiger partial charge is 0.380 e. The second-order valence-electron chi connectivity index (χ2n) is 4.19. The summed E-state index contributed by atoms with van der Waals surface area (Å²) in [6, 6.07) is 4.94. The number of aryl methyl sites for hydroxylation is 1. The minimum atomic E-state index is -3.50. The van der Waals surface area contributed by atoms with Crippen LogP contribution in [0.3, 0.4) is 0 Å². The topological polar surface area (TPSA) is 81.4 Å². The van der Waals surface area contributed by atoms with Gasteiger partial charge in [0.25, 0.3) is 0 Å². The Bertz CT molecular complexity index is 500. The smallest absolute Gasteiger partial charge is 0.240 e. The van der Waals surface area contributed by atoms with Gasteiger partial charge in [-0.25, -0.2) is 13.1 Å². The normalized spacial score (nSPS) is 13.6. The molecule has 0 aliphatic carbocycles. The van der Waals surface area contributed by atoms with Gasteiger partial charge in [0.1, 0.15) is 0 Å². The van der Waals surface area contributed by atoms with E-state index in [0.29, 0.717) is 6.54 Å². The fourth-order valence-corrected chi connectivity index (χ4v) is 2.59. The molecule has 0 spiro atoms. The predicted octanol–water partition coefficient (Wildman–Crippen LogP) is 0.767. The lowest BCUT2D eigenvalue weighted by Crippen LogP contribution is -2.31. The van der Waals surface area contributed by atoms with Crippen LogP contribution < -0.4 is 10.5 Å². The number of benzene rings is 1. The summed E-state index contributed by atoms with van der Waals surface area (Å²) >= 11 is 0. The Morgan fingerprint density at radius 3 is 2.67 bits per heavy atom. The Balaban J connectivity index is 2.91. The van der Waals surface area contributed by atoms with Crippen LogP contribution in [0.15, 0.2) is 23.1 Å². The van der Waals surface area contributed by atoms with Crippen LogP contribution >= 0.6 is 0 Å². The molecule has 1 unspecified atom stereocenters. The first kappa shape index (κ1) is 15.1. The number of nitrogens with one attached hydrogen (secondary N) is 1. The van der Waals surface area contributed by atoms with Gasteiger partial charge in [-0.2, -0.15) is 0 Å². The molecule has 0 aliphatic heterocycles. The molecule has 18 heavy (non-hydrogen) atoms. The van der Waals surface area contributed by atoms with Crippen LogP contribution in [0.5, 0.6) is 0 Å². The number of ether oxygens (including phenoxy) is 1. The Morgan fingerprint density at radius 1 is 1.44 bits per heavy atom. The third-order valence-corrected chi connectivity index (χ3v) is 4.24. The van der Waals surface area contributed by atoms with Crippen molar-refractivity contribution < 1.29 is 13.2 Å². The number of methoxy groups -OCH3 is 1. The van der Waals surface area contributed by atoms with Gasteiger partial charge in [0, 0.05) is 20.2 Å². The second-order valence-corrected chi connectivity index (χ2v) is 5.96. The van der Waals surface area contributed by atoms with Crippen molar-refractivity contribution in [2.75, 3.05) is 13.7 Å². The highest BCUT2D eigenvalue weighted by molar-refractivity contribution is 7.89. The molecular formula is C12H20N2O3S. The third kappa shape index (κ3) is 3.78. The predicted molar refractivity (Wildman–Crippen MR) is 70.7 cm³/mol. The fourth-order valence-electron chi connectivity index (χ4n) is 1.43. The van der Waals surface area contributed by atoms with E-state index in [1.54, 1.807) is 25.1 Å². The number of rotatable bonds is 6. The summed E-state index contributed by atoms with van der Waals surface area (Å²) in [4.78, 5) is 0.233. The number of nitrogens with two attached hydrogens (primary N) is 1. The Labute approximate surface area is 108 Å². The van der Waals surface area contributed by atoms with Gasteiger partial charge in [0.05, 0.1) is 11.0 Å². The number of hydrogen-bond acceptors (Lipinski definition) is 4. The standard InChI is InChI=1S/C12H20N2O3S/c1-9-4-5-12(6-11(9)7-13)18(15,16)14-8-10(2)17-3/h4-6,10,14H,7-8,13H2,1-3H3. The van der Waals surface area contributed by atoms with Gasteiger partial charge in [-0.15, -0.1) is 0 Å². The molecule has 0 radical (unpaired) electrons. The average Bonchev–Trinajstić information content (AvgIpc) is 2.36. The monoisotopic (exact) mass is 272 g/mol. The van der Waals surface area contributed by atoms with E-state index < -0.39 is 10.0 Å². The average molecular weight is 272 g/mol. The van der Waals surface area contributed by atoms with E-state index in [1.807, 2.05) is 6.92 Å². The quantitative estimate of drug-likeness (QED) is 0.801. The minimum Gasteiger partial charge on any atom is -0.380 e. The number of sulfonamides is 1. The molecule has 1 aromatic rings. The molecule has 1 atom stereocenters. The van der Waals surface area contributed by atoms with Crippen LogP contribution in [-0.4, -0.2) is 28.2 Å². The molecule has 0 fully saturated rings. The van der Waals surface area contributed by atoms with Gasteiger partial charge in [-0.05, 0) is 37.1 Å². The van der Waals surface area contributed by atoms with E-state index >= 15 is 0 Å². The molecule has 0 saturated heterocycles. The first-order valence-corrected chi connectivity index (χ1v) is 7.21. The van der Waals surface area contributed by atoms with E-state index in [-0.39, 0.29) is 17.5 Å². The molecule has 0 bridgehead atoms. The van der Waals surface area contributed by atoms with Crippen molar-refractivity contribution in [2.45, 2.75) is 31.4 Å². The molecule has 6 heteroatoms. The van der Waals surface area contributed by atoms with Gasteiger partial charge in [0.2, 0.25) is 10.0 Å². The van der Waals surface area contributed by atoms with Crippen molar-refractivity contribution in [3.63, 3.8) is 0 Å². The summed E-state index contributed by atoms with van der Waals surface area (Å²) < 4.78 is 31.6. The molecule has 0 aromatic heterocycles. The molecule has 0 heterocycles. The van der Waals surface area contributed by atoms with Gasteiger partial charge in [-0.1, -0.05) is 6.07 Å². The highest BCUT2D eigenvalue weighted by atomic mass is 32.2. The Hall–Kier alpha value is -0.950. The molecule has 0 amide bonds. The number of hydrogen-bond donors (Lipinski definition) is 2. The maximum absolute atomic E-state index is 12.0. The van der Waals surface area contributed by atoms with Gasteiger partial charge in [-0.3, -0.25) is 0 Å². The second kappa shape index (κ2) is 6.29. The van der Waals surface area contributed by atoms with Crippen molar-refractivity contribution >= 4 is 10.0 Å². The first-order valence-electron chi connectivity index (χ1n) is 5.72. The maximum atomic E-state index is 12.0. The summed E-state index contributed by atoms with van der Waals surface area (Å²) in [5.41, 5.74) is 7.39. The summed E-state index contributed by atoms with van der Waals surface area (Å²) in [6.07, 6.45) is -0.167. The van der Waals surface area contributed by atoms with E-state index in [4.69, 9.17) is 10.5 Å². The summed E-state index contributed by atoms with van der Waals surface area (Å²) in [5, 5.41) is 0. The molecule has 3 N–H and O–H groups in total. The summed E-state index contributed by atoms with van der Waals surface area (Å²) in [7, 11) is -1.96. The van der Waals surface area contributed by atoms with Crippen molar-refractivity contribution in [2.24, 2.45) is 5.73 Å². The lowest BCUT2D eigenvalue weighted by atomic mass is 10.1. The zero-order chi connectivity index (χ0) is 13.8. The van der Waals surface area contributed by atoms with Crippen LogP contribution in [0.2, 0.25) is 0 Å². The Morgan fingerprint density at radius 2 is 2.11 bits per heavy atom. The van der Waals surface area contributed by atoms with Crippen LogP contribution in [-0.2, 0) is 21.3 Å². The molecule has 1 aromatic carbocycles. The highest BCUT2D eigenvalue weighted by Gasteiger charge is 2.15. The SMILES string of the molecule is COC(C)CNS(=O)(=O)c1ccc(C)c(CN)c1. The lowest BCUT2D eigenvalue weighted by molar-refractivity contribution is 0.122. The van der Waals surface area contributed by atoms with E-state index in [1.165, 1.54) is 7.11 Å². The molecule has 5 nitrogen and oxygen atoms in total. The van der Waals surface area contributed by atoms with Gasteiger partial charge < -0.3 is 10.5 Å². The molecule has 102 valence electrons. The molecule has 0 aliphatic rings. The summed E-state index contributed by atoms with van der Waals surface area (Å²) in [5.74, 6) is 0. The van der Waals surface area contributed by atoms with Gasteiger partial charge in [0.15, 0.2) is 0 Å². The third-order valence-electron chi connectivity index (χ3n) is 2.81. The van der Waals surface area contributed by atoms with Crippen LogP contribution in [0.25, 0.3) is 0 Å². The van der Waals surface area contributed by atoms with E-state index in [9.17, 15) is 8.42 Å². The molecule has 0 saturated carbocycles. The first-order chi connectivity index (χ1) is 8.40. The Kier molecular flexibility index (Phi) is 5.28. The lowest BCUT2D eigenvalue weighted by Gasteiger charge is -2.12. The zero-order valence-electron chi connectivity index (χ0n) is 10.9. The summed E-state index contributed by atoms with van der Waals surface area (Å²) in [6.45, 7) is 4.26. The van der Waals surface area contributed by atoms with E-state index in [0.717, 1.165) is 11.1 Å².